The highest BCUT2D eigenvalue weighted by Crippen LogP contribution is 3.02. The molecule has 8 nitrogen and oxygen atoms in total. The minimum Gasteiger partial charge on any atom is -0.475 e. The molecule has 1 aromatic carbocycles. The summed E-state index contributed by atoms with van der Waals surface area (Å²) in [5, 5.41) is 8.83. The molecule has 0 aromatic heterocycles. The Bertz CT molecular complexity index is 978. The maximum atomic E-state index is 13.4. The summed E-state index contributed by atoms with van der Waals surface area (Å²) < 4.78 is 120. The summed E-state index contributed by atoms with van der Waals surface area (Å²) >= 11 is 0. The normalized spacial score (nSPS) is 18.2. The molecule has 0 saturated heterocycles. The van der Waals surface area contributed by atoms with Crippen LogP contribution in [-0.2, 0) is 19.1 Å². The molecule has 0 N–H and O–H groups in total. The predicted octanol–water partition coefficient (Wildman–Crippen LogP) is 5.13. The fourth-order valence-electron chi connectivity index (χ4n) is 2.64. The molecule has 0 radical (unpaired) electrons. The van der Waals surface area contributed by atoms with Crippen molar-refractivity contribution >= 4 is 22.3 Å². The van der Waals surface area contributed by atoms with Crippen LogP contribution in [0.1, 0.15) is 11.1 Å². The van der Waals surface area contributed by atoms with Crippen molar-refractivity contribution in [1.82, 2.24) is 0 Å². The molecule has 0 amide bonds. The lowest BCUT2D eigenvalue weighted by Gasteiger charge is -2.41. The van der Waals surface area contributed by atoms with Crippen molar-refractivity contribution in [3.63, 3.8) is 0 Å². The number of rotatable bonds is 9. The molecule has 0 spiro atoms. The highest BCUT2D eigenvalue weighted by molar-refractivity contribution is 8.45. The van der Waals surface area contributed by atoms with Crippen LogP contribution in [0.25, 0.3) is 6.08 Å². The van der Waals surface area contributed by atoms with Gasteiger partial charge in [-0.1, -0.05) is 19.4 Å². The van der Waals surface area contributed by atoms with Crippen LogP contribution in [0.4, 0.5) is 32.6 Å². The molecular formula is C16H15F8NO7S. The average Bonchev–Trinajstić information content (AvgIpc) is 2.63. The summed E-state index contributed by atoms with van der Waals surface area (Å²) in [6.45, 7) is -1.01. The van der Waals surface area contributed by atoms with Gasteiger partial charge in [-0.25, -0.2) is 4.79 Å². The molecule has 0 bridgehead atoms. The van der Waals surface area contributed by atoms with E-state index in [9.17, 15) is 47.5 Å². The van der Waals surface area contributed by atoms with Crippen molar-refractivity contribution in [2.45, 2.75) is 24.1 Å². The Morgan fingerprint density at radius 1 is 1.12 bits per heavy atom. The smallest absolute Gasteiger partial charge is 0.430 e. The third-order valence-corrected chi connectivity index (χ3v) is 5.10. The van der Waals surface area contributed by atoms with Gasteiger partial charge in [-0.3, -0.25) is 0 Å². The Morgan fingerprint density at radius 3 is 2.27 bits per heavy atom. The van der Waals surface area contributed by atoms with E-state index >= 15 is 0 Å². The molecule has 1 aromatic rings. The van der Waals surface area contributed by atoms with Gasteiger partial charge in [-0.05, 0) is 30.7 Å². The zero-order valence-corrected chi connectivity index (χ0v) is 17.2. The topological polar surface area (TPSA) is 97.1 Å². The van der Waals surface area contributed by atoms with E-state index in [-0.39, 0.29) is 18.7 Å². The summed E-state index contributed by atoms with van der Waals surface area (Å²) in [4.78, 5) is 23.6. The maximum Gasteiger partial charge on any atom is 0.430 e. The number of carbonyl (C=O) groups excluding carboxylic acids is 1. The first-order chi connectivity index (χ1) is 14.8. The fourth-order valence-corrected chi connectivity index (χ4v) is 3.39. The minimum absolute atomic E-state index is 0.0367. The van der Waals surface area contributed by atoms with E-state index in [1.807, 2.05) is 0 Å². The first-order valence-electron chi connectivity index (χ1n) is 8.65. The highest BCUT2D eigenvalue weighted by Gasteiger charge is 2.65. The van der Waals surface area contributed by atoms with Gasteiger partial charge in [0, 0.05) is 5.56 Å². The van der Waals surface area contributed by atoms with Crippen molar-refractivity contribution in [3.05, 3.63) is 38.9 Å². The number of benzene rings is 1. The highest BCUT2D eigenvalue weighted by atomic mass is 32.5. The Kier molecular flexibility index (Phi) is 6.56. The monoisotopic (exact) mass is 517 g/mol. The number of fused-ring (bicyclic) bond motifs is 1. The van der Waals surface area contributed by atoms with Gasteiger partial charge in [0.15, 0.2) is 0 Å². The van der Waals surface area contributed by atoms with Crippen LogP contribution in [0.3, 0.4) is 0 Å². The third-order valence-electron chi connectivity index (χ3n) is 3.97. The number of hydrogen-bond donors (Lipinski definition) is 0. The molecule has 2 rings (SSSR count). The van der Waals surface area contributed by atoms with E-state index in [4.69, 9.17) is 4.74 Å². The van der Waals surface area contributed by atoms with Gasteiger partial charge in [0.2, 0.25) is 6.10 Å². The van der Waals surface area contributed by atoms with Gasteiger partial charge in [0.1, 0.15) is 23.9 Å². The van der Waals surface area contributed by atoms with E-state index in [1.165, 1.54) is 0 Å². The van der Waals surface area contributed by atoms with Crippen molar-refractivity contribution in [2.75, 3.05) is 26.4 Å². The third kappa shape index (κ3) is 7.08. The van der Waals surface area contributed by atoms with Crippen LogP contribution in [0.2, 0.25) is 0 Å². The number of hydrogen-bond acceptors (Lipinski definition) is 7. The van der Waals surface area contributed by atoms with Crippen LogP contribution in [-0.4, -0.2) is 49.8 Å². The average molecular weight is 517 g/mol. The van der Waals surface area contributed by atoms with Crippen LogP contribution in [0.15, 0.2) is 22.6 Å². The number of ether oxygens (including phenoxy) is 3. The molecule has 1 aliphatic rings. The molecule has 1 heterocycles. The van der Waals surface area contributed by atoms with Gasteiger partial charge < -0.3 is 19.0 Å². The number of esters is 1. The lowest BCUT2D eigenvalue weighted by atomic mass is 9.99. The number of aryl methyl sites for hydroxylation is 1. The van der Waals surface area contributed by atoms with Crippen LogP contribution < -0.4 is 4.74 Å². The standard InChI is InChI=1S/C16H15F8NO7S/c1-9-6-11(33(20,21,22,23)24)7-10-8-12(14(16(17,18)19)32-13(9)10)15(26)30-4-2-29-3-5-31-25(27)28/h6-8,14H,2-5H2,1H3. The summed E-state index contributed by atoms with van der Waals surface area (Å²) in [6, 6.07) is -0.146. The fraction of sp³-hybridized carbons (Fsp3) is 0.438. The van der Waals surface area contributed by atoms with Crippen molar-refractivity contribution < 1.29 is 61.5 Å². The summed E-state index contributed by atoms with van der Waals surface area (Å²) in [6.07, 6.45) is -7.80. The second kappa shape index (κ2) is 8.19. The number of halogens is 8. The van der Waals surface area contributed by atoms with E-state index < -0.39 is 80.7 Å². The van der Waals surface area contributed by atoms with Gasteiger partial charge in [0.05, 0.1) is 18.8 Å². The first kappa shape index (κ1) is 26.4. The van der Waals surface area contributed by atoms with Gasteiger partial charge in [-0.15, -0.1) is 10.1 Å². The molecule has 33 heavy (non-hydrogen) atoms. The molecule has 0 aliphatic carbocycles. The molecule has 0 saturated carbocycles. The predicted molar refractivity (Wildman–Crippen MR) is 95.7 cm³/mol. The molecule has 17 heteroatoms. The lowest BCUT2D eigenvalue weighted by molar-refractivity contribution is -0.758. The first-order valence-corrected chi connectivity index (χ1v) is 10.6. The van der Waals surface area contributed by atoms with Crippen LogP contribution in [0.5, 0.6) is 5.75 Å². The van der Waals surface area contributed by atoms with Gasteiger partial charge in [0.25, 0.3) is 5.09 Å². The van der Waals surface area contributed by atoms with Crippen LogP contribution >= 0.6 is 10.2 Å². The van der Waals surface area contributed by atoms with Crippen molar-refractivity contribution in [3.8, 4) is 5.75 Å². The molecule has 1 unspecified atom stereocenters. The van der Waals surface area contributed by atoms with Crippen molar-refractivity contribution in [2.24, 2.45) is 0 Å². The molecular weight excluding hydrogens is 502 g/mol. The largest absolute Gasteiger partial charge is 0.475 e. The van der Waals surface area contributed by atoms with E-state index in [2.05, 4.69) is 14.3 Å². The number of carbonyl (C=O) groups is 1. The number of nitrogens with zero attached hydrogens (tertiary/aromatic N) is 1. The maximum absolute atomic E-state index is 13.4. The van der Waals surface area contributed by atoms with E-state index in [1.54, 1.807) is 0 Å². The van der Waals surface area contributed by atoms with Crippen molar-refractivity contribution in [1.29, 1.82) is 0 Å². The Labute approximate surface area is 179 Å². The van der Waals surface area contributed by atoms with E-state index in [0.717, 1.165) is 6.92 Å². The van der Waals surface area contributed by atoms with Gasteiger partial charge in [-0.2, -0.15) is 13.2 Å². The molecule has 1 atom stereocenters. The number of alkyl halides is 3. The Morgan fingerprint density at radius 2 is 1.73 bits per heavy atom. The Hall–Kier alpha value is -2.82. The van der Waals surface area contributed by atoms with E-state index in [0.29, 0.717) is 6.08 Å². The lowest BCUT2D eigenvalue weighted by Crippen LogP contribution is -2.41. The SMILES string of the molecule is Cc1cc(S(F)(F)(F)(F)F)cc2c1OC(C(F)(F)F)C(C(=O)OCCOCCO[N+](=O)[O-])=C2. The van der Waals surface area contributed by atoms with Gasteiger partial charge >= 0.3 is 22.4 Å². The minimum atomic E-state index is -10.2. The zero-order chi connectivity index (χ0) is 25.3. The second-order valence-corrected chi connectivity index (χ2v) is 8.98. The van der Waals surface area contributed by atoms with Crippen LogP contribution in [0, 0.1) is 17.0 Å². The summed E-state index contributed by atoms with van der Waals surface area (Å²) in [7, 11) is -10.2. The molecule has 188 valence electrons. The quantitative estimate of drug-likeness (QED) is 0.147. The summed E-state index contributed by atoms with van der Waals surface area (Å²) in [5.41, 5.74) is -2.75. The molecule has 1 aliphatic heterocycles. The summed E-state index contributed by atoms with van der Waals surface area (Å²) in [5.74, 6) is -2.41. The zero-order valence-electron chi connectivity index (χ0n) is 16.4. The Balaban J connectivity index is 2.27. The molecule has 0 fully saturated rings. The second-order valence-electron chi connectivity index (χ2n) is 6.57.